The fourth-order valence-corrected chi connectivity index (χ4v) is 5.65. The molecule has 0 aliphatic carbocycles. The van der Waals surface area contributed by atoms with E-state index in [1.54, 1.807) is 43.5 Å². The molecule has 14 heteroatoms. The van der Waals surface area contributed by atoms with Crippen molar-refractivity contribution in [3.8, 4) is 33.8 Å². The van der Waals surface area contributed by atoms with E-state index in [2.05, 4.69) is 30.3 Å². The third-order valence-corrected chi connectivity index (χ3v) is 8.00. The smallest absolute Gasteiger partial charge is 0.387 e. The quantitative estimate of drug-likeness (QED) is 0.222. The first-order chi connectivity index (χ1) is 21.7. The molecule has 3 aromatic heterocycles. The van der Waals surface area contributed by atoms with Gasteiger partial charge in [-0.05, 0) is 60.9 Å². The molecule has 0 saturated heterocycles. The number of carbonyl (C=O) groups is 1. The van der Waals surface area contributed by atoms with Crippen LogP contribution < -0.4 is 15.6 Å². The molecule has 6 rings (SSSR count). The van der Waals surface area contributed by atoms with Crippen LogP contribution in [0.25, 0.3) is 28.1 Å². The maximum Gasteiger partial charge on any atom is 0.387 e. The number of amides is 1. The van der Waals surface area contributed by atoms with Gasteiger partial charge in [-0.15, -0.1) is 5.10 Å². The number of alkyl halides is 2. The van der Waals surface area contributed by atoms with E-state index < -0.39 is 18.6 Å². The van der Waals surface area contributed by atoms with Crippen molar-refractivity contribution in [2.24, 2.45) is 5.92 Å². The van der Waals surface area contributed by atoms with Crippen LogP contribution in [0.3, 0.4) is 0 Å². The second kappa shape index (κ2) is 12.7. The summed E-state index contributed by atoms with van der Waals surface area (Å²) in [4.78, 5) is 36.0. The summed E-state index contributed by atoms with van der Waals surface area (Å²) in [7, 11) is 0. The first-order valence-electron chi connectivity index (χ1n) is 14.0. The van der Waals surface area contributed by atoms with Crippen LogP contribution in [0, 0.1) is 5.92 Å². The topological polar surface area (TPSA) is 117 Å². The molecule has 230 valence electrons. The van der Waals surface area contributed by atoms with E-state index in [4.69, 9.17) is 23.2 Å². The van der Waals surface area contributed by atoms with Crippen molar-refractivity contribution in [2.45, 2.75) is 38.8 Å². The number of pyridine rings is 1. The largest absolute Gasteiger partial charge is 0.435 e. The third-order valence-electron chi connectivity index (χ3n) is 7.59. The normalized spacial score (nSPS) is 16.8. The van der Waals surface area contributed by atoms with Gasteiger partial charge in [-0.1, -0.05) is 41.8 Å². The number of aromatic nitrogens is 6. The van der Waals surface area contributed by atoms with E-state index in [0.717, 1.165) is 0 Å². The van der Waals surface area contributed by atoms with Gasteiger partial charge in [0.15, 0.2) is 5.15 Å². The number of hydrogen-bond acceptors (Lipinski definition) is 7. The van der Waals surface area contributed by atoms with Crippen LogP contribution in [-0.4, -0.2) is 42.0 Å². The Balaban J connectivity index is 1.42. The average Bonchev–Trinajstić information content (AvgIpc) is 3.44. The van der Waals surface area contributed by atoms with E-state index in [0.29, 0.717) is 63.7 Å². The van der Waals surface area contributed by atoms with Gasteiger partial charge in [0.25, 0.3) is 5.56 Å². The predicted octanol–water partition coefficient (Wildman–Crippen LogP) is 6.81. The van der Waals surface area contributed by atoms with Crippen molar-refractivity contribution in [1.82, 2.24) is 29.5 Å². The zero-order chi connectivity index (χ0) is 31.7. The standard InChI is InChI=1S/C31H25Cl2F2N7O3/c1-17-3-2-4-27(25-11-18(9-10-36-25)21-7-6-20(45-31(34)35)13-24(21)38-30(17)44)41-16-37-23(14-29(41)43)22-12-19(32)5-8-26(22)42-15-28(33)39-40-42/h5-17,27,31H,2-4H2,1H3,(H,38,44). The molecule has 10 nitrogen and oxygen atoms in total. The van der Waals surface area contributed by atoms with Crippen LogP contribution >= 0.6 is 23.2 Å². The van der Waals surface area contributed by atoms with Gasteiger partial charge in [0.2, 0.25) is 5.91 Å². The Morgan fingerprint density at radius 2 is 1.84 bits per heavy atom. The number of nitrogens with one attached hydrogen (secondary N) is 1. The Morgan fingerprint density at radius 3 is 2.60 bits per heavy atom. The first-order valence-corrected chi connectivity index (χ1v) is 14.7. The zero-order valence-corrected chi connectivity index (χ0v) is 25.2. The summed E-state index contributed by atoms with van der Waals surface area (Å²) in [5.74, 6) is -0.734. The number of ether oxygens (including phenoxy) is 1. The highest BCUT2D eigenvalue weighted by Crippen LogP contribution is 2.35. The summed E-state index contributed by atoms with van der Waals surface area (Å²) in [5, 5.41) is 11.4. The number of nitrogens with zero attached hydrogens (tertiary/aromatic N) is 6. The van der Waals surface area contributed by atoms with Crippen LogP contribution in [0.5, 0.6) is 5.75 Å². The van der Waals surface area contributed by atoms with E-state index in [1.807, 2.05) is 6.07 Å². The maximum absolute atomic E-state index is 13.7. The van der Waals surface area contributed by atoms with Crippen LogP contribution in [0.2, 0.25) is 10.2 Å². The Bertz CT molecular complexity index is 1950. The highest BCUT2D eigenvalue weighted by atomic mass is 35.5. The molecular formula is C31H25Cl2F2N7O3. The molecule has 1 amide bonds. The van der Waals surface area contributed by atoms with Crippen molar-refractivity contribution in [3.05, 3.63) is 99.5 Å². The molecular weight excluding hydrogens is 627 g/mol. The fraction of sp³-hybridized carbons (Fsp3) is 0.226. The van der Waals surface area contributed by atoms with E-state index >= 15 is 0 Å². The Morgan fingerprint density at radius 1 is 1.00 bits per heavy atom. The van der Waals surface area contributed by atoms with Crippen molar-refractivity contribution in [2.75, 3.05) is 5.32 Å². The summed E-state index contributed by atoms with van der Waals surface area (Å²) in [6.45, 7) is -1.22. The number of fused-ring (bicyclic) bond motifs is 4. The zero-order valence-electron chi connectivity index (χ0n) is 23.7. The van der Waals surface area contributed by atoms with Gasteiger partial charge in [-0.2, -0.15) is 8.78 Å². The first kappa shape index (κ1) is 30.4. The lowest BCUT2D eigenvalue weighted by atomic mass is 9.95. The van der Waals surface area contributed by atoms with Gasteiger partial charge in [-0.25, -0.2) is 9.67 Å². The number of rotatable bonds is 5. The summed E-state index contributed by atoms with van der Waals surface area (Å²) < 4.78 is 33.4. The minimum absolute atomic E-state index is 0.0801. The molecule has 0 fully saturated rings. The van der Waals surface area contributed by atoms with Crippen LogP contribution in [-0.2, 0) is 4.79 Å². The highest BCUT2D eigenvalue weighted by molar-refractivity contribution is 6.31. The SMILES string of the molecule is CC1CCCC(n2cnc(-c3cc(Cl)ccc3-n3cc(Cl)nn3)cc2=O)c2cc(ccn2)-c2ccc(OC(F)F)cc2NC1=O. The van der Waals surface area contributed by atoms with E-state index in [1.165, 1.54) is 40.0 Å². The molecule has 1 aliphatic rings. The molecule has 2 bridgehead atoms. The van der Waals surface area contributed by atoms with Crippen LogP contribution in [0.1, 0.15) is 37.9 Å². The number of halogens is 4. The monoisotopic (exact) mass is 651 g/mol. The van der Waals surface area contributed by atoms with E-state index in [9.17, 15) is 18.4 Å². The number of hydrogen-bond donors (Lipinski definition) is 1. The van der Waals surface area contributed by atoms with Gasteiger partial charge in [0.05, 0.1) is 41.3 Å². The Kier molecular flexibility index (Phi) is 8.59. The summed E-state index contributed by atoms with van der Waals surface area (Å²) in [6.07, 6.45) is 6.21. The van der Waals surface area contributed by atoms with Gasteiger partial charge in [0, 0.05) is 40.4 Å². The van der Waals surface area contributed by atoms with Gasteiger partial charge < -0.3 is 10.1 Å². The molecule has 2 atom stereocenters. The predicted molar refractivity (Wildman–Crippen MR) is 165 cm³/mol. The summed E-state index contributed by atoms with van der Waals surface area (Å²) >= 11 is 12.3. The second-order valence-electron chi connectivity index (χ2n) is 10.6. The number of benzene rings is 2. The summed E-state index contributed by atoms with van der Waals surface area (Å²) in [5.41, 5.74) is 3.36. The van der Waals surface area contributed by atoms with Crippen LogP contribution in [0.15, 0.2) is 78.1 Å². The highest BCUT2D eigenvalue weighted by Gasteiger charge is 2.23. The second-order valence-corrected chi connectivity index (χ2v) is 11.4. The lowest BCUT2D eigenvalue weighted by Crippen LogP contribution is -2.27. The lowest BCUT2D eigenvalue weighted by Gasteiger charge is -2.23. The number of anilines is 1. The molecule has 0 saturated carbocycles. The van der Waals surface area contributed by atoms with Gasteiger partial charge in [-0.3, -0.25) is 19.1 Å². The molecule has 45 heavy (non-hydrogen) atoms. The van der Waals surface area contributed by atoms with Crippen molar-refractivity contribution in [3.63, 3.8) is 0 Å². The Labute approximate surface area is 265 Å². The summed E-state index contributed by atoms with van der Waals surface area (Å²) in [6, 6.07) is 14.0. The van der Waals surface area contributed by atoms with Crippen molar-refractivity contribution in [1.29, 1.82) is 0 Å². The number of carbonyl (C=O) groups excluding carboxylic acids is 1. The Hall–Kier alpha value is -4.68. The molecule has 0 spiro atoms. The van der Waals surface area contributed by atoms with Crippen molar-refractivity contribution >= 4 is 34.8 Å². The van der Waals surface area contributed by atoms with Crippen LogP contribution in [0.4, 0.5) is 14.5 Å². The molecule has 1 N–H and O–H groups in total. The molecule has 1 aliphatic heterocycles. The molecule has 2 unspecified atom stereocenters. The fourth-order valence-electron chi connectivity index (χ4n) is 5.35. The minimum atomic E-state index is -3.01. The average molecular weight is 652 g/mol. The molecule has 5 aromatic rings. The van der Waals surface area contributed by atoms with E-state index in [-0.39, 0.29) is 22.4 Å². The maximum atomic E-state index is 13.7. The minimum Gasteiger partial charge on any atom is -0.435 e. The van der Waals surface area contributed by atoms with Gasteiger partial charge >= 0.3 is 6.61 Å². The van der Waals surface area contributed by atoms with Gasteiger partial charge in [0.1, 0.15) is 5.75 Å². The molecule has 2 aromatic carbocycles. The molecule has 0 radical (unpaired) electrons. The lowest BCUT2D eigenvalue weighted by molar-refractivity contribution is -0.119. The third kappa shape index (κ3) is 6.57. The molecule has 4 heterocycles. The van der Waals surface area contributed by atoms with Crippen molar-refractivity contribution < 1.29 is 18.3 Å².